The van der Waals surface area contributed by atoms with Gasteiger partial charge in [-0.2, -0.15) is 5.10 Å². The number of halogens is 2. The lowest BCUT2D eigenvalue weighted by Gasteiger charge is -2.33. The molecule has 32 heavy (non-hydrogen) atoms. The smallest absolute Gasteiger partial charge is 0.263 e. The topological polar surface area (TPSA) is 78.1 Å². The van der Waals surface area contributed by atoms with E-state index in [-0.39, 0.29) is 33.3 Å². The van der Waals surface area contributed by atoms with Gasteiger partial charge >= 0.3 is 0 Å². The Bertz CT molecular complexity index is 1380. The summed E-state index contributed by atoms with van der Waals surface area (Å²) in [5, 5.41) is 4.75. The molecule has 0 N–H and O–H groups in total. The Morgan fingerprint density at radius 1 is 1.25 bits per heavy atom. The van der Waals surface area contributed by atoms with Gasteiger partial charge in [0.05, 0.1) is 35.7 Å². The zero-order chi connectivity index (χ0) is 22.4. The Morgan fingerprint density at radius 2 is 2.09 bits per heavy atom. The van der Waals surface area contributed by atoms with Gasteiger partial charge in [-0.1, -0.05) is 11.6 Å². The molecule has 1 fully saturated rings. The summed E-state index contributed by atoms with van der Waals surface area (Å²) in [6.07, 6.45) is 4.97. The fraction of sp³-hybridized carbons (Fsp3) is 0.273. The normalized spacial score (nSPS) is 16.6. The second-order valence-electron chi connectivity index (χ2n) is 7.76. The Kier molecular flexibility index (Phi) is 5.15. The Labute approximate surface area is 187 Å². The number of ether oxygens (including phenoxy) is 1. The molecule has 5 rings (SSSR count). The third-order valence-electron chi connectivity index (χ3n) is 5.56. The average molecular weight is 455 g/mol. The van der Waals surface area contributed by atoms with E-state index in [9.17, 15) is 9.18 Å². The number of aryl methyl sites for hydroxylation is 2. The van der Waals surface area contributed by atoms with Crippen LogP contribution in [-0.2, 0) is 18.8 Å². The predicted octanol–water partition coefficient (Wildman–Crippen LogP) is 3.10. The molecule has 0 aliphatic carbocycles. The second-order valence-corrected chi connectivity index (χ2v) is 8.20. The summed E-state index contributed by atoms with van der Waals surface area (Å²) in [4.78, 5) is 24.1. The van der Waals surface area contributed by atoms with Crippen LogP contribution in [0.4, 0.5) is 10.2 Å². The van der Waals surface area contributed by atoms with Gasteiger partial charge in [0.15, 0.2) is 0 Å². The highest BCUT2D eigenvalue weighted by molar-refractivity contribution is 6.30. The molecule has 3 aromatic heterocycles. The molecule has 0 spiro atoms. The summed E-state index contributed by atoms with van der Waals surface area (Å²) in [7, 11) is 3.46. The van der Waals surface area contributed by atoms with Gasteiger partial charge in [0.25, 0.3) is 5.56 Å². The van der Waals surface area contributed by atoms with Crippen molar-refractivity contribution in [2.75, 3.05) is 24.6 Å². The van der Waals surface area contributed by atoms with Crippen molar-refractivity contribution in [2.24, 2.45) is 14.1 Å². The lowest BCUT2D eigenvalue weighted by atomic mass is 10.1. The quantitative estimate of drug-likeness (QED) is 0.473. The number of aromatic nitrogens is 5. The number of hydrogen-bond donors (Lipinski definition) is 0. The van der Waals surface area contributed by atoms with E-state index in [0.29, 0.717) is 31.0 Å². The van der Waals surface area contributed by atoms with E-state index < -0.39 is 5.82 Å². The first-order valence-electron chi connectivity index (χ1n) is 10.1. The van der Waals surface area contributed by atoms with Crippen molar-refractivity contribution in [3.63, 3.8) is 0 Å². The van der Waals surface area contributed by atoms with Crippen LogP contribution in [0, 0.1) is 5.82 Å². The van der Waals surface area contributed by atoms with Crippen LogP contribution in [0.3, 0.4) is 0 Å². The Hall–Kier alpha value is -3.30. The highest BCUT2D eigenvalue weighted by Gasteiger charge is 2.26. The van der Waals surface area contributed by atoms with E-state index in [2.05, 4.69) is 15.0 Å². The number of anilines is 1. The van der Waals surface area contributed by atoms with Crippen molar-refractivity contribution in [1.29, 1.82) is 0 Å². The van der Waals surface area contributed by atoms with E-state index in [4.69, 9.17) is 21.3 Å². The van der Waals surface area contributed by atoms with Crippen molar-refractivity contribution in [1.82, 2.24) is 24.3 Å². The van der Waals surface area contributed by atoms with Gasteiger partial charge in [0.1, 0.15) is 17.7 Å². The minimum atomic E-state index is -0.551. The number of nitrogens with zero attached hydrogens (tertiary/aromatic N) is 6. The fourth-order valence-electron chi connectivity index (χ4n) is 3.91. The first kappa shape index (κ1) is 20.6. The largest absolute Gasteiger partial charge is 0.370 e. The number of rotatable bonds is 3. The van der Waals surface area contributed by atoms with Gasteiger partial charge < -0.3 is 14.2 Å². The van der Waals surface area contributed by atoms with E-state index in [0.717, 1.165) is 5.56 Å². The van der Waals surface area contributed by atoms with Crippen LogP contribution >= 0.6 is 11.6 Å². The number of morpholine rings is 1. The summed E-state index contributed by atoms with van der Waals surface area (Å²) in [6, 6.07) is 6.09. The molecule has 4 aromatic rings. The van der Waals surface area contributed by atoms with Gasteiger partial charge in [0, 0.05) is 55.6 Å². The maximum absolute atomic E-state index is 14.9. The summed E-state index contributed by atoms with van der Waals surface area (Å²) in [5.41, 5.74) is 1.56. The maximum Gasteiger partial charge on any atom is 0.263 e. The van der Waals surface area contributed by atoms with Gasteiger partial charge in [-0.05, 0) is 18.2 Å². The van der Waals surface area contributed by atoms with Crippen LogP contribution in [0.25, 0.3) is 22.2 Å². The molecule has 164 valence electrons. The van der Waals surface area contributed by atoms with Crippen LogP contribution in [-0.4, -0.2) is 44.0 Å². The number of fused-ring (bicyclic) bond motifs is 1. The van der Waals surface area contributed by atoms with Crippen LogP contribution < -0.4 is 10.5 Å². The van der Waals surface area contributed by atoms with Gasteiger partial charge in [-0.3, -0.25) is 9.48 Å². The molecule has 1 aliphatic rings. The molecule has 1 atom stereocenters. The first-order chi connectivity index (χ1) is 15.4. The first-order valence-corrected chi connectivity index (χ1v) is 10.5. The monoisotopic (exact) mass is 454 g/mol. The highest BCUT2D eigenvalue weighted by Crippen LogP contribution is 2.32. The van der Waals surface area contributed by atoms with Crippen molar-refractivity contribution >= 4 is 28.3 Å². The molecular weight excluding hydrogens is 435 g/mol. The van der Waals surface area contributed by atoms with E-state index in [1.807, 2.05) is 13.2 Å². The SMILES string of the molecule is Cn1cc([C@H]2CN(c3cc4ncn(C)c(=O)c4c(-c4ccc(Cl)cc4F)n3)CCO2)cn1. The Balaban J connectivity index is 1.64. The van der Waals surface area contributed by atoms with Crippen LogP contribution in [0.15, 0.2) is 47.8 Å². The molecule has 8 nitrogen and oxygen atoms in total. The molecule has 1 aromatic carbocycles. The van der Waals surface area contributed by atoms with Crippen LogP contribution in [0.2, 0.25) is 5.02 Å². The third-order valence-corrected chi connectivity index (χ3v) is 5.80. The summed E-state index contributed by atoms with van der Waals surface area (Å²) in [5.74, 6) is 0.0457. The zero-order valence-corrected chi connectivity index (χ0v) is 18.3. The summed E-state index contributed by atoms with van der Waals surface area (Å²) < 4.78 is 23.9. The Morgan fingerprint density at radius 3 is 2.84 bits per heavy atom. The summed E-state index contributed by atoms with van der Waals surface area (Å²) in [6.45, 7) is 1.63. The van der Waals surface area contributed by atoms with Crippen LogP contribution in [0.1, 0.15) is 11.7 Å². The molecule has 10 heteroatoms. The molecular formula is C22H20ClFN6O2. The molecule has 0 bridgehead atoms. The van der Waals surface area contributed by atoms with Crippen molar-refractivity contribution < 1.29 is 9.13 Å². The molecule has 0 amide bonds. The van der Waals surface area contributed by atoms with Crippen molar-refractivity contribution in [2.45, 2.75) is 6.10 Å². The summed E-state index contributed by atoms with van der Waals surface area (Å²) >= 11 is 5.94. The predicted molar refractivity (Wildman–Crippen MR) is 119 cm³/mol. The highest BCUT2D eigenvalue weighted by atomic mass is 35.5. The lowest BCUT2D eigenvalue weighted by Crippen LogP contribution is -2.39. The van der Waals surface area contributed by atoms with Crippen LogP contribution in [0.5, 0.6) is 0 Å². The van der Waals surface area contributed by atoms with Crippen molar-refractivity contribution in [3.05, 3.63) is 69.7 Å². The average Bonchev–Trinajstić information content (AvgIpc) is 3.22. The standard InChI is InChI=1S/C22H20ClFN6O2/c1-28-12-25-17-8-19(30-5-6-32-18(11-30)13-9-26-29(2)10-13)27-21(20(17)22(28)31)15-4-3-14(23)7-16(15)24/h3-4,7-10,12,18H,5-6,11H2,1-2H3/t18-/m1/s1. The second kappa shape index (κ2) is 7.99. The molecule has 1 aliphatic heterocycles. The molecule has 0 unspecified atom stereocenters. The third kappa shape index (κ3) is 3.63. The molecule has 0 saturated carbocycles. The van der Waals surface area contributed by atoms with E-state index >= 15 is 0 Å². The van der Waals surface area contributed by atoms with E-state index in [1.165, 1.54) is 23.0 Å². The number of benzene rings is 1. The zero-order valence-electron chi connectivity index (χ0n) is 17.5. The number of hydrogen-bond acceptors (Lipinski definition) is 6. The molecule has 0 radical (unpaired) electrons. The molecule has 4 heterocycles. The number of pyridine rings is 1. The lowest BCUT2D eigenvalue weighted by molar-refractivity contribution is 0.0395. The fourth-order valence-corrected chi connectivity index (χ4v) is 4.07. The molecule has 1 saturated heterocycles. The van der Waals surface area contributed by atoms with Gasteiger partial charge in [-0.25, -0.2) is 14.4 Å². The van der Waals surface area contributed by atoms with Gasteiger partial charge in [-0.15, -0.1) is 0 Å². The van der Waals surface area contributed by atoms with Gasteiger partial charge in [0.2, 0.25) is 0 Å². The minimum absolute atomic E-state index is 0.178. The van der Waals surface area contributed by atoms with Crippen molar-refractivity contribution in [3.8, 4) is 11.3 Å². The van der Waals surface area contributed by atoms with E-state index in [1.54, 1.807) is 30.1 Å². The minimum Gasteiger partial charge on any atom is -0.370 e. The maximum atomic E-state index is 14.9.